The van der Waals surface area contributed by atoms with Crippen molar-refractivity contribution < 1.29 is 9.47 Å². The van der Waals surface area contributed by atoms with Crippen molar-refractivity contribution in [1.29, 1.82) is 0 Å². The summed E-state index contributed by atoms with van der Waals surface area (Å²) in [6.07, 6.45) is 3.75. The summed E-state index contributed by atoms with van der Waals surface area (Å²) < 4.78 is 11.1. The molecule has 0 N–H and O–H groups in total. The predicted octanol–water partition coefficient (Wildman–Crippen LogP) is 4.15. The standard InChI is InChI=1S/C16H14N2O2S/c1-19-15-8-7-13-16(18-15)14(9-10-17-13)20-11-3-5-12(21-2)6-4-11/h3-10H,1-2H3. The number of hydrogen-bond donors (Lipinski definition) is 0. The van der Waals surface area contributed by atoms with E-state index in [9.17, 15) is 0 Å². The van der Waals surface area contributed by atoms with Crippen LogP contribution in [0, 0.1) is 0 Å². The number of hydrogen-bond acceptors (Lipinski definition) is 5. The Labute approximate surface area is 127 Å². The third-order valence-electron chi connectivity index (χ3n) is 3.02. The molecule has 5 heteroatoms. The van der Waals surface area contributed by atoms with Crippen molar-refractivity contribution in [3.63, 3.8) is 0 Å². The summed E-state index contributed by atoms with van der Waals surface area (Å²) in [4.78, 5) is 9.89. The van der Waals surface area contributed by atoms with Crippen molar-refractivity contribution in [2.24, 2.45) is 0 Å². The molecule has 0 atom stereocenters. The minimum atomic E-state index is 0.540. The first-order valence-corrected chi connectivity index (χ1v) is 7.64. The Morgan fingerprint density at radius 1 is 1.00 bits per heavy atom. The molecule has 0 amide bonds. The van der Waals surface area contributed by atoms with Crippen LogP contribution in [0.1, 0.15) is 0 Å². The van der Waals surface area contributed by atoms with Gasteiger partial charge in [0, 0.05) is 23.2 Å². The highest BCUT2D eigenvalue weighted by molar-refractivity contribution is 7.98. The van der Waals surface area contributed by atoms with E-state index < -0.39 is 0 Å². The van der Waals surface area contributed by atoms with E-state index in [4.69, 9.17) is 9.47 Å². The molecule has 2 aromatic heterocycles. The highest BCUT2D eigenvalue weighted by atomic mass is 32.2. The van der Waals surface area contributed by atoms with Gasteiger partial charge in [-0.05, 0) is 36.6 Å². The van der Waals surface area contributed by atoms with Gasteiger partial charge in [-0.25, -0.2) is 4.98 Å². The third-order valence-corrected chi connectivity index (χ3v) is 3.76. The lowest BCUT2D eigenvalue weighted by Gasteiger charge is -2.09. The lowest BCUT2D eigenvalue weighted by molar-refractivity contribution is 0.399. The van der Waals surface area contributed by atoms with Gasteiger partial charge in [-0.2, -0.15) is 0 Å². The number of methoxy groups -OCH3 is 1. The van der Waals surface area contributed by atoms with Crippen LogP contribution in [0.5, 0.6) is 17.4 Å². The van der Waals surface area contributed by atoms with Crippen LogP contribution >= 0.6 is 11.8 Å². The topological polar surface area (TPSA) is 44.2 Å². The molecule has 0 spiro atoms. The highest BCUT2D eigenvalue weighted by Crippen LogP contribution is 2.29. The maximum Gasteiger partial charge on any atom is 0.213 e. The lowest BCUT2D eigenvalue weighted by atomic mass is 10.3. The Hall–Kier alpha value is -2.27. The summed E-state index contributed by atoms with van der Waals surface area (Å²) in [6, 6.07) is 13.4. The van der Waals surface area contributed by atoms with Crippen molar-refractivity contribution in [2.75, 3.05) is 13.4 Å². The quantitative estimate of drug-likeness (QED) is 0.677. The van der Waals surface area contributed by atoms with Gasteiger partial charge >= 0.3 is 0 Å². The van der Waals surface area contributed by atoms with E-state index in [-0.39, 0.29) is 0 Å². The molecule has 0 unspecified atom stereocenters. The van der Waals surface area contributed by atoms with Gasteiger partial charge in [0.25, 0.3) is 0 Å². The van der Waals surface area contributed by atoms with E-state index in [1.807, 2.05) is 36.6 Å². The Kier molecular flexibility index (Phi) is 3.92. The molecule has 0 saturated heterocycles. The Balaban J connectivity index is 1.98. The van der Waals surface area contributed by atoms with Crippen LogP contribution in [0.25, 0.3) is 11.0 Å². The first kappa shape index (κ1) is 13.7. The molecule has 0 radical (unpaired) electrons. The predicted molar refractivity (Wildman–Crippen MR) is 84.4 cm³/mol. The fraction of sp³-hybridized carbons (Fsp3) is 0.125. The van der Waals surface area contributed by atoms with E-state index >= 15 is 0 Å². The number of nitrogens with zero attached hydrogens (tertiary/aromatic N) is 2. The number of fused-ring (bicyclic) bond motifs is 1. The van der Waals surface area contributed by atoms with Gasteiger partial charge in [-0.1, -0.05) is 0 Å². The molecule has 0 bridgehead atoms. The summed E-state index contributed by atoms with van der Waals surface area (Å²) in [5.74, 6) is 1.97. The number of pyridine rings is 2. The van der Waals surface area contributed by atoms with E-state index in [2.05, 4.69) is 9.97 Å². The average molecular weight is 298 g/mol. The molecule has 0 aliphatic rings. The minimum absolute atomic E-state index is 0.540. The molecular formula is C16H14N2O2S. The largest absolute Gasteiger partial charge is 0.481 e. The summed E-state index contributed by atoms with van der Waals surface area (Å²) in [5, 5.41) is 0. The van der Waals surface area contributed by atoms with Crippen molar-refractivity contribution >= 4 is 22.8 Å². The van der Waals surface area contributed by atoms with Crippen LogP contribution in [-0.2, 0) is 0 Å². The van der Waals surface area contributed by atoms with Crippen molar-refractivity contribution in [2.45, 2.75) is 4.90 Å². The maximum atomic E-state index is 5.92. The number of aromatic nitrogens is 2. The monoisotopic (exact) mass is 298 g/mol. The second-order valence-corrected chi connectivity index (χ2v) is 5.19. The molecule has 3 rings (SSSR count). The van der Waals surface area contributed by atoms with Gasteiger partial charge < -0.3 is 9.47 Å². The van der Waals surface area contributed by atoms with Crippen molar-refractivity contribution in [1.82, 2.24) is 9.97 Å². The SMILES string of the molecule is COc1ccc2nccc(Oc3ccc(SC)cc3)c2n1. The molecule has 0 saturated carbocycles. The zero-order valence-electron chi connectivity index (χ0n) is 11.7. The Bertz CT molecular complexity index is 760. The van der Waals surface area contributed by atoms with Crippen LogP contribution < -0.4 is 9.47 Å². The first-order valence-electron chi connectivity index (χ1n) is 6.42. The molecule has 4 nitrogen and oxygen atoms in total. The fourth-order valence-electron chi connectivity index (χ4n) is 1.95. The molecule has 0 aliphatic carbocycles. The van der Waals surface area contributed by atoms with Gasteiger partial charge in [-0.3, -0.25) is 4.98 Å². The van der Waals surface area contributed by atoms with Crippen LogP contribution in [0.15, 0.2) is 53.6 Å². The minimum Gasteiger partial charge on any atom is -0.481 e. The smallest absolute Gasteiger partial charge is 0.213 e. The summed E-state index contributed by atoms with van der Waals surface area (Å²) in [7, 11) is 1.59. The lowest BCUT2D eigenvalue weighted by Crippen LogP contribution is -1.92. The summed E-state index contributed by atoms with van der Waals surface area (Å²) in [6.45, 7) is 0. The van der Waals surface area contributed by atoms with Gasteiger partial charge in [0.05, 0.1) is 12.6 Å². The van der Waals surface area contributed by atoms with Crippen LogP contribution in [0.2, 0.25) is 0 Å². The molecule has 2 heterocycles. The fourth-order valence-corrected chi connectivity index (χ4v) is 2.36. The van der Waals surface area contributed by atoms with Gasteiger partial charge in [-0.15, -0.1) is 11.8 Å². The zero-order chi connectivity index (χ0) is 14.7. The van der Waals surface area contributed by atoms with Crippen LogP contribution in [0.3, 0.4) is 0 Å². The van der Waals surface area contributed by atoms with E-state index in [1.54, 1.807) is 37.2 Å². The first-order chi connectivity index (χ1) is 10.3. The molecule has 0 aliphatic heterocycles. The second-order valence-electron chi connectivity index (χ2n) is 4.31. The van der Waals surface area contributed by atoms with Gasteiger partial charge in [0.15, 0.2) is 5.75 Å². The molecule has 1 aromatic carbocycles. The second kappa shape index (κ2) is 6.01. The van der Waals surface area contributed by atoms with Gasteiger partial charge in [0.1, 0.15) is 11.3 Å². The molecule has 3 aromatic rings. The molecule has 106 valence electrons. The number of thioether (sulfide) groups is 1. The van der Waals surface area contributed by atoms with Crippen LogP contribution in [0.4, 0.5) is 0 Å². The van der Waals surface area contributed by atoms with Crippen LogP contribution in [-0.4, -0.2) is 23.3 Å². The number of benzene rings is 1. The Morgan fingerprint density at radius 3 is 2.52 bits per heavy atom. The third kappa shape index (κ3) is 2.92. The van der Waals surface area contributed by atoms with E-state index in [1.165, 1.54) is 4.90 Å². The van der Waals surface area contributed by atoms with Gasteiger partial charge in [0.2, 0.25) is 5.88 Å². The zero-order valence-corrected chi connectivity index (χ0v) is 12.6. The maximum absolute atomic E-state index is 5.92. The van der Waals surface area contributed by atoms with Crippen molar-refractivity contribution in [3.05, 3.63) is 48.7 Å². The van der Waals surface area contributed by atoms with E-state index in [0.717, 1.165) is 11.3 Å². The summed E-state index contributed by atoms with van der Waals surface area (Å²) >= 11 is 1.70. The molecular weight excluding hydrogens is 284 g/mol. The van der Waals surface area contributed by atoms with Crippen molar-refractivity contribution in [3.8, 4) is 17.4 Å². The average Bonchev–Trinajstić information content (AvgIpc) is 2.55. The van der Waals surface area contributed by atoms with E-state index in [0.29, 0.717) is 17.1 Å². The molecule has 21 heavy (non-hydrogen) atoms. The normalized spacial score (nSPS) is 10.6. The molecule has 0 fully saturated rings. The number of rotatable bonds is 4. The Morgan fingerprint density at radius 2 is 1.81 bits per heavy atom. The summed E-state index contributed by atoms with van der Waals surface area (Å²) in [5.41, 5.74) is 1.46. The highest BCUT2D eigenvalue weighted by Gasteiger charge is 2.07. The number of ether oxygens (including phenoxy) is 2.